The van der Waals surface area contributed by atoms with Crippen LogP contribution in [0.2, 0.25) is 0 Å². The first-order valence-corrected chi connectivity index (χ1v) is 13.7. The van der Waals surface area contributed by atoms with Crippen LogP contribution in [0.5, 0.6) is 5.75 Å². The Kier molecular flexibility index (Phi) is 6.88. The smallest absolute Gasteiger partial charge is 0.314 e. The zero-order valence-corrected chi connectivity index (χ0v) is 22.8. The molecule has 9 heteroatoms. The second-order valence-corrected chi connectivity index (χ2v) is 10.9. The van der Waals surface area contributed by atoms with E-state index < -0.39 is 17.5 Å². The highest BCUT2D eigenvalue weighted by molar-refractivity contribution is 5.79. The number of likely N-dealkylation sites (tertiary alicyclic amines) is 1. The van der Waals surface area contributed by atoms with E-state index in [9.17, 15) is 10.1 Å². The van der Waals surface area contributed by atoms with E-state index in [-0.39, 0.29) is 27.9 Å². The number of hydrogen-bond acceptors (Lipinski definition) is 6. The maximum atomic E-state index is 15.8. The Labute approximate surface area is 236 Å². The molecule has 41 heavy (non-hydrogen) atoms. The van der Waals surface area contributed by atoms with E-state index in [1.54, 1.807) is 31.5 Å². The molecule has 2 aromatic heterocycles. The molecule has 1 aliphatic carbocycles. The van der Waals surface area contributed by atoms with Crippen LogP contribution < -0.4 is 10.3 Å². The number of pyridine rings is 1. The fourth-order valence-electron chi connectivity index (χ4n) is 5.78. The molecule has 2 aliphatic rings. The van der Waals surface area contributed by atoms with Gasteiger partial charge in [-0.2, -0.15) is 14.0 Å². The summed E-state index contributed by atoms with van der Waals surface area (Å²) in [6, 6.07) is 15.4. The fraction of sp³-hybridized carbons (Fsp3) is 0.312. The van der Waals surface area contributed by atoms with Crippen molar-refractivity contribution in [2.24, 2.45) is 5.92 Å². The first-order valence-electron chi connectivity index (χ1n) is 13.7. The van der Waals surface area contributed by atoms with Gasteiger partial charge in [0.1, 0.15) is 5.69 Å². The lowest BCUT2D eigenvalue weighted by Gasteiger charge is -2.28. The van der Waals surface area contributed by atoms with Crippen LogP contribution in [-0.2, 0) is 5.92 Å². The summed E-state index contributed by atoms with van der Waals surface area (Å²) in [6.07, 6.45) is 5.50. The zero-order chi connectivity index (χ0) is 28.7. The van der Waals surface area contributed by atoms with Crippen molar-refractivity contribution in [3.63, 3.8) is 0 Å². The van der Waals surface area contributed by atoms with Crippen molar-refractivity contribution < 1.29 is 13.5 Å². The van der Waals surface area contributed by atoms with Gasteiger partial charge in [-0.3, -0.25) is 9.36 Å². The van der Waals surface area contributed by atoms with Crippen molar-refractivity contribution in [3.05, 3.63) is 99.7 Å². The quantitative estimate of drug-likeness (QED) is 0.308. The number of rotatable bonds is 6. The molecule has 0 radical (unpaired) electrons. The molecule has 3 heterocycles. The number of fused-ring (bicyclic) bond motifs is 3. The number of nitrogens with zero attached hydrogens (tertiary/aromatic N) is 5. The molecule has 6 rings (SSSR count). The second-order valence-electron chi connectivity index (χ2n) is 10.9. The zero-order valence-electron chi connectivity index (χ0n) is 22.8. The molecule has 1 fully saturated rings. The predicted molar refractivity (Wildman–Crippen MR) is 151 cm³/mol. The Morgan fingerprint density at radius 1 is 1.07 bits per heavy atom. The molecule has 7 nitrogen and oxygen atoms in total. The van der Waals surface area contributed by atoms with E-state index in [1.165, 1.54) is 30.3 Å². The maximum absolute atomic E-state index is 15.8. The van der Waals surface area contributed by atoms with Crippen molar-refractivity contribution in [2.75, 3.05) is 26.7 Å². The highest BCUT2D eigenvalue weighted by Crippen LogP contribution is 2.51. The summed E-state index contributed by atoms with van der Waals surface area (Å²) < 4.78 is 38.7. The van der Waals surface area contributed by atoms with Gasteiger partial charge in [0, 0.05) is 22.8 Å². The van der Waals surface area contributed by atoms with Crippen LogP contribution in [0.15, 0.2) is 71.8 Å². The minimum absolute atomic E-state index is 0.210. The molecule has 208 valence electrons. The van der Waals surface area contributed by atoms with Gasteiger partial charge >= 0.3 is 5.92 Å². The van der Waals surface area contributed by atoms with Crippen LogP contribution in [0.4, 0.5) is 8.78 Å². The summed E-state index contributed by atoms with van der Waals surface area (Å²) in [6.45, 7) is 4.50. The molecule has 1 unspecified atom stereocenters. The molecule has 0 N–H and O–H groups in total. The van der Waals surface area contributed by atoms with E-state index in [4.69, 9.17) is 4.74 Å². The lowest BCUT2D eigenvalue weighted by Crippen LogP contribution is -2.32. The number of halogens is 2. The summed E-state index contributed by atoms with van der Waals surface area (Å²) in [5.74, 6) is -1.80. The minimum atomic E-state index is -3.39. The molecule has 0 bridgehead atoms. The van der Waals surface area contributed by atoms with Crippen LogP contribution in [-0.4, -0.2) is 46.2 Å². The first-order chi connectivity index (χ1) is 19.8. The van der Waals surface area contributed by atoms with Gasteiger partial charge < -0.3 is 9.64 Å². The summed E-state index contributed by atoms with van der Waals surface area (Å²) in [4.78, 5) is 24.4. The average molecular weight is 554 g/mol. The highest BCUT2D eigenvalue weighted by atomic mass is 19.3. The van der Waals surface area contributed by atoms with E-state index >= 15 is 8.78 Å². The van der Waals surface area contributed by atoms with Gasteiger partial charge in [-0.15, -0.1) is 0 Å². The lowest BCUT2D eigenvalue weighted by molar-refractivity contribution is 0.0376. The van der Waals surface area contributed by atoms with E-state index in [1.807, 2.05) is 18.2 Å². The summed E-state index contributed by atoms with van der Waals surface area (Å²) in [7, 11) is 2.13. The number of nitriles is 1. The van der Waals surface area contributed by atoms with E-state index in [0.29, 0.717) is 35.2 Å². The third-order valence-electron chi connectivity index (χ3n) is 8.17. The normalized spacial score (nSPS) is 17.0. The number of ether oxygens (including phenoxy) is 1. The van der Waals surface area contributed by atoms with Gasteiger partial charge in [0.25, 0.3) is 5.56 Å². The summed E-state index contributed by atoms with van der Waals surface area (Å²) in [5, 5.41) is 9.30. The van der Waals surface area contributed by atoms with Crippen molar-refractivity contribution in [3.8, 4) is 34.3 Å². The molecule has 2 aromatic carbocycles. The third kappa shape index (κ3) is 4.89. The third-order valence-corrected chi connectivity index (χ3v) is 8.17. The maximum Gasteiger partial charge on any atom is 0.314 e. The Balaban J connectivity index is 1.27. The van der Waals surface area contributed by atoms with Crippen molar-refractivity contribution >= 4 is 0 Å². The number of hydrogen-bond donors (Lipinski definition) is 0. The van der Waals surface area contributed by atoms with Gasteiger partial charge in [0.2, 0.25) is 0 Å². The van der Waals surface area contributed by atoms with Crippen molar-refractivity contribution in [1.82, 2.24) is 19.4 Å². The monoisotopic (exact) mass is 553 g/mol. The van der Waals surface area contributed by atoms with E-state index in [0.717, 1.165) is 30.5 Å². The fourth-order valence-corrected chi connectivity index (χ4v) is 5.78. The standard InChI is InChI=1S/C32H29F2N5O2/c1-20(39-29(40)9-7-26-27-14-22(16-35)6-8-28(27)32(33,34)30(26)39)23-4-3-5-24(15-23)31-36-17-25(18-37-31)41-19-21-10-12-38(2)13-11-21/h3-9,14-15,17-18,20-21H,10-13,19H2,1-2H3. The van der Waals surface area contributed by atoms with E-state index in [2.05, 4.69) is 21.9 Å². The Hall–Kier alpha value is -4.42. The highest BCUT2D eigenvalue weighted by Gasteiger charge is 2.47. The predicted octanol–water partition coefficient (Wildman–Crippen LogP) is 5.63. The van der Waals surface area contributed by atoms with Gasteiger partial charge in [-0.1, -0.05) is 24.3 Å². The second kappa shape index (κ2) is 10.5. The van der Waals surface area contributed by atoms with Crippen LogP contribution in [0.1, 0.15) is 48.2 Å². The van der Waals surface area contributed by atoms with Gasteiger partial charge in [-0.05, 0) is 81.2 Å². The largest absolute Gasteiger partial charge is 0.490 e. The summed E-state index contributed by atoms with van der Waals surface area (Å²) >= 11 is 0. The Morgan fingerprint density at radius 3 is 2.56 bits per heavy atom. The van der Waals surface area contributed by atoms with Crippen molar-refractivity contribution in [1.29, 1.82) is 5.26 Å². The van der Waals surface area contributed by atoms with Crippen molar-refractivity contribution in [2.45, 2.75) is 31.7 Å². The number of benzene rings is 2. The number of piperidine rings is 1. The average Bonchev–Trinajstić information content (AvgIpc) is 3.22. The SMILES string of the molecule is CC(c1cccc(-c2ncc(OCC3CCN(C)CC3)cn2)c1)n1c2c(ccc1=O)-c1cc(C#N)ccc1C2(F)F. The first kappa shape index (κ1) is 26.8. The van der Waals surface area contributed by atoms with Crippen LogP contribution in [0.25, 0.3) is 22.5 Å². The van der Waals surface area contributed by atoms with Crippen LogP contribution >= 0.6 is 0 Å². The Morgan fingerprint density at radius 2 is 1.83 bits per heavy atom. The molecule has 1 atom stereocenters. The molecular formula is C32H29F2N5O2. The molecule has 1 saturated heterocycles. The number of alkyl halides is 2. The number of aromatic nitrogens is 3. The van der Waals surface area contributed by atoms with Gasteiger partial charge in [0.15, 0.2) is 11.6 Å². The molecule has 4 aromatic rings. The van der Waals surface area contributed by atoms with Gasteiger partial charge in [0.05, 0.1) is 36.7 Å². The summed E-state index contributed by atoms with van der Waals surface area (Å²) in [5.41, 5.74) is 1.06. The molecule has 0 amide bonds. The van der Waals surface area contributed by atoms with Crippen LogP contribution in [0, 0.1) is 17.2 Å². The topological polar surface area (TPSA) is 84.0 Å². The molecule has 1 aliphatic heterocycles. The molecule has 0 spiro atoms. The van der Waals surface area contributed by atoms with Crippen LogP contribution in [0.3, 0.4) is 0 Å². The lowest BCUT2D eigenvalue weighted by atomic mass is 9.98. The van der Waals surface area contributed by atoms with Gasteiger partial charge in [-0.25, -0.2) is 9.97 Å². The Bertz CT molecular complexity index is 1700. The molecular weight excluding hydrogens is 524 g/mol. The minimum Gasteiger partial charge on any atom is -0.490 e. The molecule has 0 saturated carbocycles.